The zero-order chi connectivity index (χ0) is 5.82. The van der Waals surface area contributed by atoms with Crippen molar-refractivity contribution in [3.63, 3.8) is 0 Å². The lowest BCUT2D eigenvalue weighted by atomic mass is 10.4. The Labute approximate surface area is 49.5 Å². The fourth-order valence-corrected chi connectivity index (χ4v) is 0.702. The Morgan fingerprint density at radius 1 is 1.75 bits per heavy atom. The van der Waals surface area contributed by atoms with E-state index in [-0.39, 0.29) is 0 Å². The fourth-order valence-electron chi connectivity index (χ4n) is 0.702. The average Bonchev–Trinajstić information content (AvgIpc) is 1.90. The van der Waals surface area contributed by atoms with Gasteiger partial charge < -0.3 is 10.1 Å². The molecule has 0 aromatic rings. The second kappa shape index (κ2) is 2.72. The van der Waals surface area contributed by atoms with Crippen LogP contribution in [0.1, 0.15) is 6.92 Å². The minimum absolute atomic E-state index is 0.760. The SMILES string of the molecule is CC=C1COCCN1. The highest BCUT2D eigenvalue weighted by molar-refractivity contribution is 4.99. The molecule has 0 aromatic carbocycles. The summed E-state index contributed by atoms with van der Waals surface area (Å²) in [5.41, 5.74) is 1.20. The first-order valence-corrected chi connectivity index (χ1v) is 2.90. The van der Waals surface area contributed by atoms with Gasteiger partial charge in [0, 0.05) is 12.2 Å². The second-order valence-electron chi connectivity index (χ2n) is 1.79. The van der Waals surface area contributed by atoms with Crippen molar-refractivity contribution in [3.05, 3.63) is 11.8 Å². The van der Waals surface area contributed by atoms with Gasteiger partial charge in [-0.15, -0.1) is 0 Å². The summed E-state index contributed by atoms with van der Waals surface area (Å²) in [6.07, 6.45) is 2.04. The Balaban J connectivity index is 2.33. The van der Waals surface area contributed by atoms with Crippen molar-refractivity contribution in [1.82, 2.24) is 5.32 Å². The number of hydrogen-bond acceptors (Lipinski definition) is 2. The predicted molar refractivity (Wildman–Crippen MR) is 32.6 cm³/mol. The predicted octanol–water partition coefficient (Wildman–Crippen LogP) is 0.510. The van der Waals surface area contributed by atoms with E-state index >= 15 is 0 Å². The van der Waals surface area contributed by atoms with Gasteiger partial charge in [-0.1, -0.05) is 6.08 Å². The van der Waals surface area contributed by atoms with E-state index in [2.05, 4.69) is 5.32 Å². The minimum Gasteiger partial charge on any atom is -0.384 e. The summed E-state index contributed by atoms with van der Waals surface area (Å²) < 4.78 is 5.14. The number of rotatable bonds is 0. The van der Waals surface area contributed by atoms with Gasteiger partial charge in [0.05, 0.1) is 13.2 Å². The summed E-state index contributed by atoms with van der Waals surface area (Å²) in [6.45, 7) is 4.57. The van der Waals surface area contributed by atoms with Gasteiger partial charge >= 0.3 is 0 Å². The minimum atomic E-state index is 0.760. The monoisotopic (exact) mass is 113 g/mol. The van der Waals surface area contributed by atoms with E-state index in [1.165, 1.54) is 5.70 Å². The van der Waals surface area contributed by atoms with Gasteiger partial charge in [0.15, 0.2) is 0 Å². The molecule has 1 aliphatic heterocycles. The Morgan fingerprint density at radius 2 is 2.62 bits per heavy atom. The van der Waals surface area contributed by atoms with Crippen LogP contribution in [0.2, 0.25) is 0 Å². The van der Waals surface area contributed by atoms with Crippen LogP contribution in [0.15, 0.2) is 11.8 Å². The Bertz CT molecular complexity index is 90.7. The molecule has 0 saturated carbocycles. The van der Waals surface area contributed by atoms with Crippen molar-refractivity contribution in [2.45, 2.75) is 6.92 Å². The smallest absolute Gasteiger partial charge is 0.0859 e. The summed E-state index contributed by atoms with van der Waals surface area (Å²) in [4.78, 5) is 0. The maximum absolute atomic E-state index is 5.14. The summed E-state index contributed by atoms with van der Waals surface area (Å²) in [5, 5.41) is 3.20. The van der Waals surface area contributed by atoms with Crippen molar-refractivity contribution in [3.8, 4) is 0 Å². The van der Waals surface area contributed by atoms with Crippen LogP contribution in [0.25, 0.3) is 0 Å². The van der Waals surface area contributed by atoms with Gasteiger partial charge in [-0.05, 0) is 6.92 Å². The molecule has 0 bridgehead atoms. The van der Waals surface area contributed by atoms with Crippen LogP contribution in [0.3, 0.4) is 0 Å². The van der Waals surface area contributed by atoms with Crippen molar-refractivity contribution >= 4 is 0 Å². The number of nitrogens with one attached hydrogen (secondary N) is 1. The molecule has 8 heavy (non-hydrogen) atoms. The topological polar surface area (TPSA) is 21.3 Å². The molecule has 0 radical (unpaired) electrons. The third-order valence-electron chi connectivity index (χ3n) is 1.20. The van der Waals surface area contributed by atoms with E-state index < -0.39 is 0 Å². The van der Waals surface area contributed by atoms with Crippen LogP contribution in [-0.2, 0) is 4.74 Å². The lowest BCUT2D eigenvalue weighted by Gasteiger charge is -2.16. The van der Waals surface area contributed by atoms with Gasteiger partial charge in [-0.2, -0.15) is 0 Å². The normalized spacial score (nSPS) is 25.4. The zero-order valence-electron chi connectivity index (χ0n) is 5.11. The summed E-state index contributed by atoms with van der Waals surface area (Å²) in [6, 6.07) is 0. The van der Waals surface area contributed by atoms with Crippen LogP contribution in [-0.4, -0.2) is 19.8 Å². The van der Waals surface area contributed by atoms with E-state index in [9.17, 15) is 0 Å². The molecule has 2 nitrogen and oxygen atoms in total. The number of ether oxygens (including phenoxy) is 1. The van der Waals surface area contributed by atoms with E-state index in [1.54, 1.807) is 0 Å². The highest BCUT2D eigenvalue weighted by Crippen LogP contribution is 1.94. The third kappa shape index (κ3) is 1.23. The maximum atomic E-state index is 5.14. The van der Waals surface area contributed by atoms with Crippen molar-refractivity contribution < 1.29 is 4.74 Å². The molecule has 46 valence electrons. The fraction of sp³-hybridized carbons (Fsp3) is 0.667. The zero-order valence-corrected chi connectivity index (χ0v) is 5.11. The second-order valence-corrected chi connectivity index (χ2v) is 1.79. The first-order chi connectivity index (χ1) is 3.93. The van der Waals surface area contributed by atoms with E-state index in [0.29, 0.717) is 0 Å². The molecule has 1 N–H and O–H groups in total. The highest BCUT2D eigenvalue weighted by Gasteiger charge is 2.00. The molecule has 0 unspecified atom stereocenters. The van der Waals surface area contributed by atoms with Crippen LogP contribution in [0, 0.1) is 0 Å². The van der Waals surface area contributed by atoms with Crippen LogP contribution >= 0.6 is 0 Å². The Hall–Kier alpha value is -0.500. The number of hydrogen-bond donors (Lipinski definition) is 1. The molecule has 1 fully saturated rings. The lowest BCUT2D eigenvalue weighted by Crippen LogP contribution is -2.28. The van der Waals surface area contributed by atoms with Gasteiger partial charge in [0.25, 0.3) is 0 Å². The molecule has 2 heteroatoms. The third-order valence-corrected chi connectivity index (χ3v) is 1.20. The quantitative estimate of drug-likeness (QED) is 0.494. The first kappa shape index (κ1) is 5.63. The van der Waals surface area contributed by atoms with Gasteiger partial charge in [-0.25, -0.2) is 0 Å². The first-order valence-electron chi connectivity index (χ1n) is 2.90. The van der Waals surface area contributed by atoms with Crippen molar-refractivity contribution in [1.29, 1.82) is 0 Å². The standard InChI is InChI=1S/C6H11NO/c1-2-6-5-8-4-3-7-6/h2,7H,3-5H2,1H3. The maximum Gasteiger partial charge on any atom is 0.0859 e. The molecule has 0 spiro atoms. The van der Waals surface area contributed by atoms with Crippen LogP contribution < -0.4 is 5.32 Å². The molecule has 1 rings (SSSR count). The molecule has 0 amide bonds. The molecule has 1 heterocycles. The number of allylic oxidation sites excluding steroid dienone is 1. The lowest BCUT2D eigenvalue weighted by molar-refractivity contribution is 0.132. The summed E-state index contributed by atoms with van der Waals surface area (Å²) in [7, 11) is 0. The summed E-state index contributed by atoms with van der Waals surface area (Å²) >= 11 is 0. The van der Waals surface area contributed by atoms with Crippen LogP contribution in [0.4, 0.5) is 0 Å². The molecule has 0 atom stereocenters. The Kier molecular flexibility index (Phi) is 1.92. The van der Waals surface area contributed by atoms with Gasteiger partial charge in [-0.3, -0.25) is 0 Å². The summed E-state index contributed by atoms with van der Waals surface area (Å²) in [5.74, 6) is 0. The molecule has 0 aliphatic carbocycles. The van der Waals surface area contributed by atoms with E-state index in [1.807, 2.05) is 13.0 Å². The van der Waals surface area contributed by atoms with E-state index in [0.717, 1.165) is 19.8 Å². The largest absolute Gasteiger partial charge is 0.384 e. The van der Waals surface area contributed by atoms with Gasteiger partial charge in [0.1, 0.15) is 0 Å². The number of morpholine rings is 1. The molecule has 1 saturated heterocycles. The molecule has 0 aromatic heterocycles. The average molecular weight is 113 g/mol. The Morgan fingerprint density at radius 3 is 3.00 bits per heavy atom. The molecular weight excluding hydrogens is 102 g/mol. The molecular formula is C6H11NO. The van der Waals surface area contributed by atoms with Crippen LogP contribution in [0.5, 0.6) is 0 Å². The van der Waals surface area contributed by atoms with Crippen molar-refractivity contribution in [2.24, 2.45) is 0 Å². The van der Waals surface area contributed by atoms with E-state index in [4.69, 9.17) is 4.74 Å². The highest BCUT2D eigenvalue weighted by atomic mass is 16.5. The van der Waals surface area contributed by atoms with Crippen molar-refractivity contribution in [2.75, 3.05) is 19.8 Å². The molecule has 1 aliphatic rings. The van der Waals surface area contributed by atoms with Gasteiger partial charge in [0.2, 0.25) is 0 Å².